The maximum absolute atomic E-state index is 12.1. The van der Waals surface area contributed by atoms with E-state index in [9.17, 15) is 22.8 Å². The molecule has 0 aliphatic rings. The Morgan fingerprint density at radius 2 is 2.09 bits per heavy atom. The molecule has 0 bridgehead atoms. The van der Waals surface area contributed by atoms with Crippen LogP contribution in [-0.4, -0.2) is 29.8 Å². The predicted octanol–water partition coefficient (Wildman–Crippen LogP) is 2.47. The highest BCUT2D eigenvalue weighted by Crippen LogP contribution is 2.24. The van der Waals surface area contributed by atoms with Gasteiger partial charge in [0.05, 0.1) is 5.56 Å². The highest BCUT2D eigenvalue weighted by molar-refractivity contribution is 5.92. The second kappa shape index (κ2) is 7.84. The molecular formula is C14H11F3N2O4. The van der Waals surface area contributed by atoms with Crippen molar-refractivity contribution < 1.29 is 32.6 Å². The van der Waals surface area contributed by atoms with Crippen molar-refractivity contribution in [3.05, 3.63) is 35.9 Å². The van der Waals surface area contributed by atoms with E-state index in [4.69, 9.17) is 10.4 Å². The summed E-state index contributed by atoms with van der Waals surface area (Å²) < 4.78 is 40.8. The fraction of sp³-hybridized carbons (Fsp3) is 0.214. The average Bonchev–Trinajstić information content (AvgIpc) is 2.44. The Hall–Kier alpha value is -3.02. The maximum Gasteiger partial charge on any atom is 0.422 e. The molecule has 0 atom stereocenters. The van der Waals surface area contributed by atoms with Crippen LogP contribution in [0.15, 0.2) is 30.4 Å². The number of anilines is 1. The number of hydrogen-bond acceptors (Lipinski definition) is 4. The smallest absolute Gasteiger partial charge is 0.422 e. The molecule has 0 saturated carbocycles. The van der Waals surface area contributed by atoms with E-state index in [0.29, 0.717) is 0 Å². The Balaban J connectivity index is 2.74. The van der Waals surface area contributed by atoms with Gasteiger partial charge in [-0.1, -0.05) is 6.08 Å². The lowest BCUT2D eigenvalue weighted by molar-refractivity contribution is -0.153. The molecule has 1 rings (SSSR count). The van der Waals surface area contributed by atoms with E-state index >= 15 is 0 Å². The first-order chi connectivity index (χ1) is 10.7. The summed E-state index contributed by atoms with van der Waals surface area (Å²) >= 11 is 0. The molecule has 0 aliphatic carbocycles. The lowest BCUT2D eigenvalue weighted by Gasteiger charge is -2.11. The van der Waals surface area contributed by atoms with Gasteiger partial charge in [0.15, 0.2) is 6.61 Å². The van der Waals surface area contributed by atoms with Gasteiger partial charge in [0.25, 0.3) is 0 Å². The number of carboxylic acid groups (broad SMARTS) is 1. The average molecular weight is 328 g/mol. The summed E-state index contributed by atoms with van der Waals surface area (Å²) in [6, 6.07) is 5.23. The minimum Gasteiger partial charge on any atom is -0.483 e. The number of rotatable bonds is 6. The molecule has 0 saturated heterocycles. The topological polar surface area (TPSA) is 99.4 Å². The third kappa shape index (κ3) is 6.99. The van der Waals surface area contributed by atoms with E-state index in [1.54, 1.807) is 6.07 Å². The summed E-state index contributed by atoms with van der Waals surface area (Å²) in [6.45, 7) is -1.53. The number of benzene rings is 1. The molecule has 0 aromatic heterocycles. The Labute approximate surface area is 128 Å². The molecule has 9 heteroatoms. The zero-order valence-electron chi connectivity index (χ0n) is 11.6. The lowest BCUT2D eigenvalue weighted by Crippen LogP contribution is -2.19. The highest BCUT2D eigenvalue weighted by Gasteiger charge is 2.28. The van der Waals surface area contributed by atoms with Crippen LogP contribution in [0.1, 0.15) is 12.0 Å². The Bertz CT molecular complexity index is 663. The van der Waals surface area contributed by atoms with E-state index in [1.165, 1.54) is 6.07 Å². The van der Waals surface area contributed by atoms with Crippen LogP contribution in [0.2, 0.25) is 0 Å². The van der Waals surface area contributed by atoms with E-state index < -0.39 is 24.7 Å². The van der Waals surface area contributed by atoms with Crippen molar-refractivity contribution in [1.82, 2.24) is 0 Å². The molecule has 23 heavy (non-hydrogen) atoms. The first-order valence-corrected chi connectivity index (χ1v) is 6.14. The molecule has 2 N–H and O–H groups in total. The number of ether oxygens (including phenoxy) is 1. The molecule has 122 valence electrons. The number of nitrogens with one attached hydrogen (secondary N) is 1. The normalized spacial score (nSPS) is 11.0. The first-order valence-electron chi connectivity index (χ1n) is 6.14. The van der Waals surface area contributed by atoms with Crippen molar-refractivity contribution in [2.75, 3.05) is 11.9 Å². The second-order valence-electron chi connectivity index (χ2n) is 4.22. The maximum atomic E-state index is 12.1. The molecule has 0 unspecified atom stereocenters. The van der Waals surface area contributed by atoms with Crippen LogP contribution in [0.25, 0.3) is 0 Å². The van der Waals surface area contributed by atoms with Crippen LogP contribution in [-0.2, 0) is 9.59 Å². The van der Waals surface area contributed by atoms with Gasteiger partial charge in [0, 0.05) is 18.2 Å². The van der Waals surface area contributed by atoms with Crippen molar-refractivity contribution in [3.63, 3.8) is 0 Å². The Kier molecular flexibility index (Phi) is 6.14. The summed E-state index contributed by atoms with van der Waals surface area (Å²) in [5.41, 5.74) is 0.00256. The van der Waals surface area contributed by atoms with Crippen LogP contribution in [0.3, 0.4) is 0 Å². The first kappa shape index (κ1) is 18.0. The standard InChI is InChI=1S/C14H11F3N2O4/c15-14(16,17)8-23-11-5-4-10(6-9(11)7-18)19-12(20)2-1-3-13(21)22/h1,3-6H,2,8H2,(H,19,20)(H,21,22)/b3-1+. The predicted molar refractivity (Wildman–Crippen MR) is 72.7 cm³/mol. The number of carbonyl (C=O) groups is 2. The van der Waals surface area contributed by atoms with Gasteiger partial charge in [-0.25, -0.2) is 4.79 Å². The van der Waals surface area contributed by atoms with E-state index in [2.05, 4.69) is 10.1 Å². The summed E-state index contributed by atoms with van der Waals surface area (Å²) in [5, 5.41) is 19.7. The summed E-state index contributed by atoms with van der Waals surface area (Å²) in [5.74, 6) is -2.00. The van der Waals surface area contributed by atoms with Crippen molar-refractivity contribution in [2.45, 2.75) is 12.6 Å². The summed E-state index contributed by atoms with van der Waals surface area (Å²) in [7, 11) is 0. The molecule has 0 spiro atoms. The number of hydrogen-bond donors (Lipinski definition) is 2. The van der Waals surface area contributed by atoms with Crippen molar-refractivity contribution in [3.8, 4) is 11.8 Å². The van der Waals surface area contributed by atoms with Crippen LogP contribution in [0.4, 0.5) is 18.9 Å². The monoisotopic (exact) mass is 328 g/mol. The third-order valence-corrected chi connectivity index (χ3v) is 2.34. The quantitative estimate of drug-likeness (QED) is 0.782. The van der Waals surface area contributed by atoms with Crippen molar-refractivity contribution >= 4 is 17.6 Å². The van der Waals surface area contributed by atoms with Crippen LogP contribution in [0, 0.1) is 11.3 Å². The minimum atomic E-state index is -4.53. The van der Waals surface area contributed by atoms with E-state index in [1.807, 2.05) is 0 Å². The minimum absolute atomic E-state index is 0.173. The van der Waals surface area contributed by atoms with Gasteiger partial charge in [-0.05, 0) is 18.2 Å². The summed E-state index contributed by atoms with van der Waals surface area (Å²) in [4.78, 5) is 21.8. The molecule has 1 amide bonds. The zero-order chi connectivity index (χ0) is 17.5. The van der Waals surface area contributed by atoms with Gasteiger partial charge in [-0.2, -0.15) is 18.4 Å². The van der Waals surface area contributed by atoms with E-state index in [-0.39, 0.29) is 23.4 Å². The molecule has 0 radical (unpaired) electrons. The number of carbonyl (C=O) groups excluding carboxylic acids is 1. The van der Waals surface area contributed by atoms with Gasteiger partial charge in [0.2, 0.25) is 5.91 Å². The molecular weight excluding hydrogens is 317 g/mol. The number of halogens is 3. The number of amides is 1. The van der Waals surface area contributed by atoms with Crippen LogP contribution in [0.5, 0.6) is 5.75 Å². The van der Waals surface area contributed by atoms with Gasteiger partial charge >= 0.3 is 12.1 Å². The van der Waals surface area contributed by atoms with Crippen molar-refractivity contribution in [1.29, 1.82) is 5.26 Å². The molecule has 0 aliphatic heterocycles. The largest absolute Gasteiger partial charge is 0.483 e. The lowest BCUT2D eigenvalue weighted by atomic mass is 10.2. The fourth-order valence-electron chi connectivity index (χ4n) is 1.46. The number of carboxylic acids is 1. The summed E-state index contributed by atoms with van der Waals surface area (Å²) in [6.07, 6.45) is -2.81. The SMILES string of the molecule is N#Cc1cc(NC(=O)C/C=C/C(=O)O)ccc1OCC(F)(F)F. The molecule has 1 aromatic carbocycles. The van der Waals surface area contributed by atoms with Gasteiger partial charge in [-0.3, -0.25) is 4.79 Å². The number of nitrogens with zero attached hydrogens (tertiary/aromatic N) is 1. The third-order valence-electron chi connectivity index (χ3n) is 2.34. The fourth-order valence-corrected chi connectivity index (χ4v) is 1.46. The number of aliphatic carboxylic acids is 1. The van der Waals surface area contributed by atoms with Crippen molar-refractivity contribution in [2.24, 2.45) is 0 Å². The molecule has 6 nitrogen and oxygen atoms in total. The van der Waals surface area contributed by atoms with E-state index in [0.717, 1.165) is 24.3 Å². The van der Waals surface area contributed by atoms with Gasteiger partial charge in [0.1, 0.15) is 11.8 Å². The Morgan fingerprint density at radius 1 is 1.39 bits per heavy atom. The van der Waals surface area contributed by atoms with Gasteiger partial charge < -0.3 is 15.2 Å². The number of nitriles is 1. The number of alkyl halides is 3. The zero-order valence-corrected chi connectivity index (χ0v) is 11.6. The van der Waals surface area contributed by atoms with Crippen LogP contribution >= 0.6 is 0 Å². The molecule has 0 heterocycles. The second-order valence-corrected chi connectivity index (χ2v) is 4.22. The van der Waals surface area contributed by atoms with Gasteiger partial charge in [-0.15, -0.1) is 0 Å². The highest BCUT2D eigenvalue weighted by atomic mass is 19.4. The molecule has 0 fully saturated rings. The molecule has 1 aromatic rings. The van der Waals surface area contributed by atoms with Crippen LogP contribution < -0.4 is 10.1 Å². The Morgan fingerprint density at radius 3 is 2.65 bits per heavy atom.